The smallest absolute Gasteiger partial charge is 0.481 e. The molecule has 0 spiro atoms. The van der Waals surface area contributed by atoms with E-state index in [1.54, 1.807) is 0 Å². The zero-order valence-corrected chi connectivity index (χ0v) is 8.57. The summed E-state index contributed by atoms with van der Waals surface area (Å²) in [5.74, 6) is -1.29. The van der Waals surface area contributed by atoms with Crippen molar-refractivity contribution >= 4 is 12.0 Å². The van der Waals surface area contributed by atoms with Crippen LogP contribution in [0, 0.1) is 0 Å². The summed E-state index contributed by atoms with van der Waals surface area (Å²) in [6, 6.07) is 5.13. The van der Waals surface area contributed by atoms with Crippen LogP contribution in [-0.4, -0.2) is 17.4 Å². The molecule has 1 aromatic rings. The lowest BCUT2D eigenvalue weighted by molar-refractivity contribution is -0.274. The summed E-state index contributed by atoms with van der Waals surface area (Å²) < 4.78 is 39.2. The monoisotopic (exact) mass is 246 g/mol. The molecule has 0 aromatic heterocycles. The summed E-state index contributed by atoms with van der Waals surface area (Å²) in [5, 5.41) is 8.37. The lowest BCUT2D eigenvalue weighted by Crippen LogP contribution is -2.16. The second kappa shape index (κ2) is 5.38. The van der Waals surface area contributed by atoms with Gasteiger partial charge in [0.2, 0.25) is 0 Å². The van der Waals surface area contributed by atoms with Gasteiger partial charge in [-0.15, -0.1) is 13.2 Å². The Morgan fingerprint density at radius 3 is 2.35 bits per heavy atom. The van der Waals surface area contributed by atoms with Gasteiger partial charge in [-0.25, -0.2) is 0 Å². The summed E-state index contributed by atoms with van der Waals surface area (Å²) in [5.41, 5.74) is 0.598. The highest BCUT2D eigenvalue weighted by atomic mass is 19.4. The SMILES string of the molecule is O=C(O)CC=Cc1ccc(OC(F)(F)F)cc1. The first-order valence-corrected chi connectivity index (χ1v) is 4.61. The van der Waals surface area contributed by atoms with Crippen LogP contribution in [0.4, 0.5) is 13.2 Å². The molecule has 17 heavy (non-hydrogen) atoms. The number of aliphatic carboxylic acids is 1. The summed E-state index contributed by atoms with van der Waals surface area (Å²) in [7, 11) is 0. The van der Waals surface area contributed by atoms with Gasteiger partial charge in [0.15, 0.2) is 0 Å². The highest BCUT2D eigenvalue weighted by molar-refractivity contribution is 5.70. The Balaban J connectivity index is 2.62. The molecule has 92 valence electrons. The highest BCUT2D eigenvalue weighted by Crippen LogP contribution is 2.22. The van der Waals surface area contributed by atoms with Gasteiger partial charge in [-0.05, 0) is 17.7 Å². The standard InChI is InChI=1S/C11H9F3O3/c12-11(13,14)17-9-6-4-8(5-7-9)2-1-3-10(15)16/h1-2,4-7H,3H2,(H,15,16). The van der Waals surface area contributed by atoms with Crippen LogP contribution in [0.5, 0.6) is 5.75 Å². The maximum atomic E-state index is 11.8. The third kappa shape index (κ3) is 5.60. The van der Waals surface area contributed by atoms with Crippen LogP contribution in [0.3, 0.4) is 0 Å². The Kier molecular flexibility index (Phi) is 4.14. The summed E-state index contributed by atoms with van der Waals surface area (Å²) in [6.45, 7) is 0. The van der Waals surface area contributed by atoms with Crippen molar-refractivity contribution in [3.05, 3.63) is 35.9 Å². The van der Waals surface area contributed by atoms with E-state index in [2.05, 4.69) is 4.74 Å². The number of benzene rings is 1. The van der Waals surface area contributed by atoms with Gasteiger partial charge in [0, 0.05) is 0 Å². The minimum atomic E-state index is -4.71. The molecular weight excluding hydrogens is 237 g/mol. The Labute approximate surface area is 95.1 Å². The van der Waals surface area contributed by atoms with Crippen LogP contribution >= 0.6 is 0 Å². The molecule has 0 saturated carbocycles. The number of rotatable bonds is 4. The van der Waals surface area contributed by atoms with E-state index in [4.69, 9.17) is 5.11 Å². The van der Waals surface area contributed by atoms with E-state index in [1.165, 1.54) is 24.3 Å². The zero-order chi connectivity index (χ0) is 12.9. The molecule has 0 bridgehead atoms. The number of ether oxygens (including phenoxy) is 1. The van der Waals surface area contributed by atoms with E-state index in [-0.39, 0.29) is 12.2 Å². The van der Waals surface area contributed by atoms with Crippen molar-refractivity contribution < 1.29 is 27.8 Å². The van der Waals surface area contributed by atoms with Gasteiger partial charge in [-0.2, -0.15) is 0 Å². The van der Waals surface area contributed by atoms with Crippen LogP contribution in [0.1, 0.15) is 12.0 Å². The van der Waals surface area contributed by atoms with E-state index in [1.807, 2.05) is 0 Å². The van der Waals surface area contributed by atoms with Crippen molar-refractivity contribution in [2.24, 2.45) is 0 Å². The molecule has 0 aliphatic carbocycles. The Morgan fingerprint density at radius 1 is 1.29 bits per heavy atom. The first-order chi connectivity index (χ1) is 7.87. The fourth-order valence-electron chi connectivity index (χ4n) is 1.08. The maximum absolute atomic E-state index is 11.8. The summed E-state index contributed by atoms with van der Waals surface area (Å²) in [4.78, 5) is 10.2. The van der Waals surface area contributed by atoms with E-state index in [0.29, 0.717) is 5.56 Å². The van der Waals surface area contributed by atoms with Crippen molar-refractivity contribution in [2.75, 3.05) is 0 Å². The fourth-order valence-corrected chi connectivity index (χ4v) is 1.08. The van der Waals surface area contributed by atoms with E-state index in [9.17, 15) is 18.0 Å². The average molecular weight is 246 g/mol. The average Bonchev–Trinajstić information content (AvgIpc) is 2.18. The minimum absolute atomic E-state index is 0.138. The third-order valence-electron chi connectivity index (χ3n) is 1.72. The lowest BCUT2D eigenvalue weighted by atomic mass is 10.2. The van der Waals surface area contributed by atoms with Gasteiger partial charge in [0.05, 0.1) is 6.42 Å². The topological polar surface area (TPSA) is 46.5 Å². The molecular formula is C11H9F3O3. The first kappa shape index (κ1) is 13.1. The second-order valence-corrected chi connectivity index (χ2v) is 3.12. The third-order valence-corrected chi connectivity index (χ3v) is 1.72. The summed E-state index contributed by atoms with van der Waals surface area (Å²) in [6.07, 6.45) is -1.94. The van der Waals surface area contributed by atoms with Crippen LogP contribution in [0.25, 0.3) is 6.08 Å². The summed E-state index contributed by atoms with van der Waals surface area (Å²) >= 11 is 0. The van der Waals surface area contributed by atoms with Gasteiger partial charge in [0.25, 0.3) is 0 Å². The van der Waals surface area contributed by atoms with Crippen LogP contribution in [0.2, 0.25) is 0 Å². The predicted molar refractivity (Wildman–Crippen MR) is 54.4 cm³/mol. The Morgan fingerprint density at radius 2 is 1.88 bits per heavy atom. The molecule has 0 unspecified atom stereocenters. The molecule has 0 aliphatic rings. The van der Waals surface area contributed by atoms with Gasteiger partial charge < -0.3 is 9.84 Å². The van der Waals surface area contributed by atoms with E-state index in [0.717, 1.165) is 12.1 Å². The number of carboxylic acids is 1. The van der Waals surface area contributed by atoms with Gasteiger partial charge in [-0.3, -0.25) is 4.79 Å². The quantitative estimate of drug-likeness (QED) is 0.888. The van der Waals surface area contributed by atoms with Crippen LogP contribution in [-0.2, 0) is 4.79 Å². The molecule has 6 heteroatoms. The van der Waals surface area contributed by atoms with Crippen molar-refractivity contribution in [1.29, 1.82) is 0 Å². The number of alkyl halides is 3. The van der Waals surface area contributed by atoms with E-state index < -0.39 is 12.3 Å². The number of carboxylic acid groups (broad SMARTS) is 1. The molecule has 0 aliphatic heterocycles. The second-order valence-electron chi connectivity index (χ2n) is 3.12. The normalized spacial score (nSPS) is 11.7. The minimum Gasteiger partial charge on any atom is -0.481 e. The van der Waals surface area contributed by atoms with Crippen molar-refractivity contribution in [1.82, 2.24) is 0 Å². The van der Waals surface area contributed by atoms with Crippen LogP contribution < -0.4 is 4.74 Å². The van der Waals surface area contributed by atoms with Crippen molar-refractivity contribution in [3.63, 3.8) is 0 Å². The first-order valence-electron chi connectivity index (χ1n) is 4.61. The van der Waals surface area contributed by atoms with Gasteiger partial charge in [0.1, 0.15) is 5.75 Å². The highest BCUT2D eigenvalue weighted by Gasteiger charge is 2.30. The van der Waals surface area contributed by atoms with E-state index >= 15 is 0 Å². The maximum Gasteiger partial charge on any atom is 0.573 e. The molecule has 1 N–H and O–H groups in total. The molecule has 1 rings (SSSR count). The van der Waals surface area contributed by atoms with Crippen molar-refractivity contribution in [3.8, 4) is 5.75 Å². The molecule has 0 fully saturated rings. The molecule has 0 atom stereocenters. The number of hydrogen-bond acceptors (Lipinski definition) is 2. The zero-order valence-electron chi connectivity index (χ0n) is 8.57. The number of carbonyl (C=O) groups is 1. The van der Waals surface area contributed by atoms with Gasteiger partial charge in [-0.1, -0.05) is 24.3 Å². The Hall–Kier alpha value is -1.98. The molecule has 1 aromatic carbocycles. The molecule has 0 saturated heterocycles. The largest absolute Gasteiger partial charge is 0.573 e. The predicted octanol–water partition coefficient (Wildman–Crippen LogP) is 3.07. The van der Waals surface area contributed by atoms with Crippen LogP contribution in [0.15, 0.2) is 30.3 Å². The van der Waals surface area contributed by atoms with Crippen molar-refractivity contribution in [2.45, 2.75) is 12.8 Å². The number of halogens is 3. The molecule has 0 radical (unpaired) electrons. The molecule has 0 heterocycles. The molecule has 3 nitrogen and oxygen atoms in total. The Bertz CT molecular complexity index is 407. The fraction of sp³-hybridized carbons (Fsp3) is 0.182. The number of hydrogen-bond donors (Lipinski definition) is 1. The molecule has 0 amide bonds. The lowest BCUT2D eigenvalue weighted by Gasteiger charge is -2.08. The van der Waals surface area contributed by atoms with Gasteiger partial charge >= 0.3 is 12.3 Å².